The summed E-state index contributed by atoms with van der Waals surface area (Å²) in [5.74, 6) is 4.83. The summed E-state index contributed by atoms with van der Waals surface area (Å²) >= 11 is 5.42. The van der Waals surface area contributed by atoms with Crippen LogP contribution < -0.4 is 21.8 Å². The number of hydrazone groups is 1. The maximum absolute atomic E-state index is 13.7. The average molecular weight is 501 g/mol. The third kappa shape index (κ3) is 6.64. The Kier molecular flexibility index (Phi) is 9.73. The predicted molar refractivity (Wildman–Crippen MR) is 140 cm³/mol. The summed E-state index contributed by atoms with van der Waals surface area (Å²) in [5, 5.41) is 12.4. The second kappa shape index (κ2) is 12.7. The van der Waals surface area contributed by atoms with Crippen LogP contribution >= 0.6 is 12.2 Å². The number of nitrogens with two attached hydrogens (primary N) is 1. The van der Waals surface area contributed by atoms with E-state index in [0.717, 1.165) is 32.1 Å². The lowest BCUT2D eigenvalue weighted by molar-refractivity contribution is -0.142. The highest BCUT2D eigenvalue weighted by atomic mass is 32.1. The molecule has 1 saturated carbocycles. The second-order valence-electron chi connectivity index (χ2n) is 9.25. The van der Waals surface area contributed by atoms with Crippen LogP contribution in [0.5, 0.6) is 0 Å². The van der Waals surface area contributed by atoms with E-state index in [9.17, 15) is 14.4 Å². The zero-order valence-electron chi connectivity index (χ0n) is 20.5. The molecule has 1 heterocycles. The van der Waals surface area contributed by atoms with E-state index in [0.29, 0.717) is 30.7 Å². The highest BCUT2D eigenvalue weighted by Crippen LogP contribution is 2.29. The minimum absolute atomic E-state index is 0.0590. The van der Waals surface area contributed by atoms with E-state index >= 15 is 0 Å². The number of thiocarbonyl (C=S) groups is 1. The van der Waals surface area contributed by atoms with Crippen molar-refractivity contribution in [2.45, 2.75) is 70.0 Å². The number of benzene rings is 1. The van der Waals surface area contributed by atoms with Crippen LogP contribution in [0, 0.1) is 5.92 Å². The van der Waals surface area contributed by atoms with Gasteiger partial charge in [-0.2, -0.15) is 5.10 Å². The SMILES string of the molecule is CN[C@@H](C)C(=O)NC(C(=O)N1CCCC1C(=O)NC(=S)C(=NN)c1ccccc1)C1CCCCC1. The molecule has 190 valence electrons. The molecule has 2 fully saturated rings. The highest BCUT2D eigenvalue weighted by Gasteiger charge is 2.41. The molecule has 2 unspecified atom stereocenters. The molecular weight excluding hydrogens is 464 g/mol. The smallest absolute Gasteiger partial charge is 0.247 e. The number of hydrogen-bond donors (Lipinski definition) is 4. The van der Waals surface area contributed by atoms with Crippen molar-refractivity contribution in [2.24, 2.45) is 16.9 Å². The van der Waals surface area contributed by atoms with Crippen LogP contribution in [-0.4, -0.2) is 65.0 Å². The van der Waals surface area contributed by atoms with Gasteiger partial charge < -0.3 is 26.7 Å². The number of rotatable bonds is 8. The van der Waals surface area contributed by atoms with Crippen molar-refractivity contribution in [2.75, 3.05) is 13.6 Å². The number of amides is 3. The van der Waals surface area contributed by atoms with Gasteiger partial charge in [0, 0.05) is 12.1 Å². The van der Waals surface area contributed by atoms with Gasteiger partial charge in [-0.05, 0) is 45.6 Å². The zero-order chi connectivity index (χ0) is 25.4. The van der Waals surface area contributed by atoms with E-state index in [1.165, 1.54) is 0 Å². The molecular formula is C25H36N6O3S. The van der Waals surface area contributed by atoms with E-state index in [1.54, 1.807) is 31.0 Å². The highest BCUT2D eigenvalue weighted by molar-refractivity contribution is 7.82. The molecule has 9 nitrogen and oxygen atoms in total. The molecule has 10 heteroatoms. The fourth-order valence-electron chi connectivity index (χ4n) is 4.85. The number of carbonyl (C=O) groups excluding carboxylic acids is 3. The zero-order valence-corrected chi connectivity index (χ0v) is 21.3. The van der Waals surface area contributed by atoms with E-state index in [-0.39, 0.29) is 28.6 Å². The molecule has 1 saturated heterocycles. The Morgan fingerprint density at radius 3 is 2.40 bits per heavy atom. The summed E-state index contributed by atoms with van der Waals surface area (Å²) in [6.07, 6.45) is 6.19. The molecule has 0 radical (unpaired) electrons. The van der Waals surface area contributed by atoms with Gasteiger partial charge in [0.15, 0.2) is 0 Å². The molecule has 3 atom stereocenters. The molecule has 1 aliphatic carbocycles. The summed E-state index contributed by atoms with van der Waals surface area (Å²) in [6, 6.07) is 7.40. The molecule has 1 aromatic carbocycles. The Balaban J connectivity index is 1.74. The van der Waals surface area contributed by atoms with Crippen LogP contribution in [0.2, 0.25) is 0 Å². The van der Waals surface area contributed by atoms with Crippen molar-refractivity contribution in [1.29, 1.82) is 0 Å². The minimum atomic E-state index is -0.667. The van der Waals surface area contributed by atoms with Gasteiger partial charge in [0.25, 0.3) is 0 Å². The molecule has 1 aromatic rings. The summed E-state index contributed by atoms with van der Waals surface area (Å²) in [5.41, 5.74) is 0.997. The van der Waals surface area contributed by atoms with Crippen LogP contribution in [0.25, 0.3) is 0 Å². The van der Waals surface area contributed by atoms with Crippen molar-refractivity contribution in [3.63, 3.8) is 0 Å². The van der Waals surface area contributed by atoms with Crippen LogP contribution in [0.15, 0.2) is 35.4 Å². The molecule has 0 bridgehead atoms. The summed E-state index contributed by atoms with van der Waals surface area (Å²) in [4.78, 5) is 41.3. The van der Waals surface area contributed by atoms with Crippen molar-refractivity contribution >= 4 is 40.6 Å². The van der Waals surface area contributed by atoms with E-state index in [4.69, 9.17) is 18.1 Å². The van der Waals surface area contributed by atoms with Gasteiger partial charge in [0.05, 0.1) is 6.04 Å². The van der Waals surface area contributed by atoms with Crippen LogP contribution in [0.1, 0.15) is 57.4 Å². The number of hydrogen-bond acceptors (Lipinski definition) is 7. The van der Waals surface area contributed by atoms with Gasteiger partial charge in [0.1, 0.15) is 22.8 Å². The summed E-state index contributed by atoms with van der Waals surface area (Å²) in [7, 11) is 1.71. The van der Waals surface area contributed by atoms with Gasteiger partial charge in [-0.1, -0.05) is 61.8 Å². The number of nitrogens with one attached hydrogen (secondary N) is 3. The maximum Gasteiger partial charge on any atom is 0.247 e. The molecule has 2 aliphatic rings. The summed E-state index contributed by atoms with van der Waals surface area (Å²) < 4.78 is 0. The summed E-state index contributed by atoms with van der Waals surface area (Å²) in [6.45, 7) is 2.22. The third-order valence-corrected chi connectivity index (χ3v) is 7.27. The number of nitrogens with zero attached hydrogens (tertiary/aromatic N) is 2. The monoisotopic (exact) mass is 500 g/mol. The van der Waals surface area contributed by atoms with Crippen molar-refractivity contribution in [3.05, 3.63) is 35.9 Å². The molecule has 3 rings (SSSR count). The molecule has 1 aliphatic heterocycles. The fraction of sp³-hybridized carbons (Fsp3) is 0.560. The largest absolute Gasteiger partial charge is 0.343 e. The molecule has 3 amide bonds. The van der Waals surface area contributed by atoms with E-state index < -0.39 is 18.1 Å². The predicted octanol–water partition coefficient (Wildman–Crippen LogP) is 1.46. The topological polar surface area (TPSA) is 129 Å². The first-order valence-electron chi connectivity index (χ1n) is 12.3. The lowest BCUT2D eigenvalue weighted by Crippen LogP contribution is -2.58. The van der Waals surface area contributed by atoms with Crippen LogP contribution in [0.3, 0.4) is 0 Å². The standard InChI is InChI=1S/C25H36N6O3S/c1-16(27-2)22(32)28-21(18-12-7-4-8-13-18)25(34)31-15-9-14-19(31)23(33)29-24(35)20(30-26)17-10-5-3-6-11-17/h3,5-6,10-11,16,18-19,21,27H,4,7-9,12-15,26H2,1-2H3,(H,28,32)(H,29,33,35)/t16-,19?,21?/m0/s1. The van der Waals surface area contributed by atoms with Gasteiger partial charge in [0.2, 0.25) is 17.7 Å². The lowest BCUT2D eigenvalue weighted by Gasteiger charge is -2.35. The van der Waals surface area contributed by atoms with Crippen LogP contribution in [0.4, 0.5) is 0 Å². The normalized spacial score (nSPS) is 20.7. The first-order chi connectivity index (χ1) is 16.9. The van der Waals surface area contributed by atoms with Crippen molar-refractivity contribution < 1.29 is 14.4 Å². The second-order valence-corrected chi connectivity index (χ2v) is 9.65. The maximum atomic E-state index is 13.7. The van der Waals surface area contributed by atoms with Crippen molar-refractivity contribution in [3.8, 4) is 0 Å². The van der Waals surface area contributed by atoms with E-state index in [1.807, 2.05) is 18.2 Å². The van der Waals surface area contributed by atoms with Gasteiger partial charge in [-0.25, -0.2) is 0 Å². The Morgan fingerprint density at radius 2 is 1.77 bits per heavy atom. The Morgan fingerprint density at radius 1 is 1.09 bits per heavy atom. The number of likely N-dealkylation sites (tertiary alicyclic amines) is 1. The molecule has 35 heavy (non-hydrogen) atoms. The fourth-order valence-corrected chi connectivity index (χ4v) is 5.13. The minimum Gasteiger partial charge on any atom is -0.343 e. The lowest BCUT2D eigenvalue weighted by atomic mass is 9.83. The van der Waals surface area contributed by atoms with E-state index in [2.05, 4.69) is 21.1 Å². The van der Waals surface area contributed by atoms with Gasteiger partial charge in [-0.15, -0.1) is 0 Å². The molecule has 0 aromatic heterocycles. The van der Waals surface area contributed by atoms with Gasteiger partial charge in [-0.3, -0.25) is 14.4 Å². The quantitative estimate of drug-likeness (QED) is 0.185. The molecule has 5 N–H and O–H groups in total. The van der Waals surface area contributed by atoms with Gasteiger partial charge >= 0.3 is 0 Å². The van der Waals surface area contributed by atoms with Crippen molar-refractivity contribution in [1.82, 2.24) is 20.9 Å². The number of carbonyl (C=O) groups is 3. The first kappa shape index (κ1) is 26.7. The van der Waals surface area contributed by atoms with Crippen LogP contribution in [-0.2, 0) is 14.4 Å². The Bertz CT molecular complexity index is 948. The first-order valence-corrected chi connectivity index (χ1v) is 12.7. The Hall–Kier alpha value is -2.85. The molecule has 0 spiro atoms. The number of likely N-dealkylation sites (N-methyl/N-ethyl adjacent to an activating group) is 1. The third-order valence-electron chi connectivity index (χ3n) is 6.98. The average Bonchev–Trinajstić information content (AvgIpc) is 3.38. The Labute approximate surface area is 212 Å².